The van der Waals surface area contributed by atoms with Gasteiger partial charge in [0.05, 0.1) is 12.7 Å². The molecule has 2 aromatic carbocycles. The second-order valence-corrected chi connectivity index (χ2v) is 7.99. The van der Waals surface area contributed by atoms with Crippen LogP contribution < -0.4 is 14.4 Å². The lowest BCUT2D eigenvalue weighted by Gasteiger charge is -2.25. The number of nitrogens with zero attached hydrogens (tertiary/aromatic N) is 2. The summed E-state index contributed by atoms with van der Waals surface area (Å²) >= 11 is 3.55. The van der Waals surface area contributed by atoms with E-state index in [1.807, 2.05) is 56.3 Å². The lowest BCUT2D eigenvalue weighted by Crippen LogP contribution is -2.24. The quantitative estimate of drug-likeness (QED) is 0.434. The summed E-state index contributed by atoms with van der Waals surface area (Å²) in [6.07, 6.45) is 1.40. The molecule has 162 valence electrons. The molecular formula is C24H25BrN2O4. The number of carbonyl (C=O) groups is 1. The summed E-state index contributed by atoms with van der Waals surface area (Å²) in [5, 5.41) is 9.20. The molecule has 0 unspecified atom stereocenters. The first kappa shape index (κ1) is 22.6. The molecule has 1 heterocycles. The second kappa shape index (κ2) is 10.3. The molecule has 0 saturated carbocycles. The number of benzene rings is 2. The maximum absolute atomic E-state index is 11.2. The minimum Gasteiger partial charge on any atom is -0.497 e. The summed E-state index contributed by atoms with van der Waals surface area (Å²) in [5.41, 5.74) is 3.05. The van der Waals surface area contributed by atoms with Crippen molar-refractivity contribution in [3.8, 4) is 11.5 Å². The third kappa shape index (κ3) is 5.76. The summed E-state index contributed by atoms with van der Waals surface area (Å²) in [7, 11) is 1.64. The molecule has 3 aromatic rings. The van der Waals surface area contributed by atoms with Crippen LogP contribution in [0.4, 0.5) is 5.82 Å². The van der Waals surface area contributed by atoms with Crippen LogP contribution in [0.15, 0.2) is 59.2 Å². The first-order chi connectivity index (χ1) is 14.9. The number of aromatic nitrogens is 1. The molecule has 0 amide bonds. The van der Waals surface area contributed by atoms with Crippen molar-refractivity contribution in [2.24, 2.45) is 0 Å². The molecule has 1 N–H and O–H groups in total. The topological polar surface area (TPSA) is 71.9 Å². The normalized spacial score (nSPS) is 10.6. The molecule has 7 heteroatoms. The molecule has 0 saturated heterocycles. The van der Waals surface area contributed by atoms with Crippen molar-refractivity contribution < 1.29 is 19.4 Å². The third-order valence-electron chi connectivity index (χ3n) is 4.92. The Kier molecular flexibility index (Phi) is 7.52. The van der Waals surface area contributed by atoms with Crippen molar-refractivity contribution in [3.05, 3.63) is 81.5 Å². The number of rotatable bonds is 9. The van der Waals surface area contributed by atoms with Crippen molar-refractivity contribution in [2.75, 3.05) is 18.6 Å². The van der Waals surface area contributed by atoms with Gasteiger partial charge in [-0.15, -0.1) is 0 Å². The highest BCUT2D eigenvalue weighted by Gasteiger charge is 2.15. The predicted octanol–water partition coefficient (Wildman–Crippen LogP) is 5.46. The van der Waals surface area contributed by atoms with Crippen LogP contribution in [0.5, 0.6) is 11.5 Å². The Labute approximate surface area is 190 Å². The van der Waals surface area contributed by atoms with Gasteiger partial charge < -0.3 is 19.5 Å². The zero-order valence-electron chi connectivity index (χ0n) is 17.8. The largest absolute Gasteiger partial charge is 0.497 e. The highest BCUT2D eigenvalue weighted by atomic mass is 79.9. The maximum atomic E-state index is 11.2. The van der Waals surface area contributed by atoms with Crippen molar-refractivity contribution in [3.63, 3.8) is 0 Å². The van der Waals surface area contributed by atoms with Gasteiger partial charge in [-0.1, -0.05) is 28.1 Å². The van der Waals surface area contributed by atoms with E-state index in [9.17, 15) is 9.90 Å². The van der Waals surface area contributed by atoms with Gasteiger partial charge >= 0.3 is 5.97 Å². The van der Waals surface area contributed by atoms with Crippen LogP contribution >= 0.6 is 15.9 Å². The van der Waals surface area contributed by atoms with Gasteiger partial charge in [-0.3, -0.25) is 0 Å². The highest BCUT2D eigenvalue weighted by Crippen LogP contribution is 2.28. The monoisotopic (exact) mass is 484 g/mol. The number of ether oxygens (including phenoxy) is 2. The predicted molar refractivity (Wildman–Crippen MR) is 124 cm³/mol. The fraction of sp³-hybridized carbons (Fsp3) is 0.250. The lowest BCUT2D eigenvalue weighted by molar-refractivity contribution is 0.0696. The van der Waals surface area contributed by atoms with Gasteiger partial charge in [0.15, 0.2) is 0 Å². The second-order valence-electron chi connectivity index (χ2n) is 7.07. The molecule has 31 heavy (non-hydrogen) atoms. The molecular weight excluding hydrogens is 460 g/mol. The lowest BCUT2D eigenvalue weighted by atomic mass is 10.1. The smallest absolute Gasteiger partial charge is 0.337 e. The van der Waals surface area contributed by atoms with Crippen LogP contribution in [0.2, 0.25) is 0 Å². The Balaban J connectivity index is 1.81. The maximum Gasteiger partial charge on any atom is 0.337 e. The van der Waals surface area contributed by atoms with Crippen LogP contribution in [0.1, 0.15) is 34.0 Å². The summed E-state index contributed by atoms with van der Waals surface area (Å²) in [4.78, 5) is 17.7. The molecule has 0 bridgehead atoms. The molecule has 3 rings (SSSR count). The third-order valence-corrected chi connectivity index (χ3v) is 5.41. The van der Waals surface area contributed by atoms with Crippen LogP contribution in [0, 0.1) is 6.92 Å². The average molecular weight is 485 g/mol. The molecule has 0 radical (unpaired) electrons. The number of aryl methyl sites for hydroxylation is 1. The van der Waals surface area contributed by atoms with E-state index >= 15 is 0 Å². The Bertz CT molecular complexity index is 1050. The summed E-state index contributed by atoms with van der Waals surface area (Å²) in [6, 6.07) is 15.4. The SMILES string of the molecule is CCN(Cc1cc(Br)ccc1OCc1ccc(OC)cc1)c1ncc(C(=O)O)cc1C. The number of halogens is 1. The molecule has 0 fully saturated rings. The average Bonchev–Trinajstić information content (AvgIpc) is 2.77. The number of anilines is 1. The Morgan fingerprint density at radius 2 is 1.90 bits per heavy atom. The highest BCUT2D eigenvalue weighted by molar-refractivity contribution is 9.10. The number of carboxylic acids is 1. The zero-order chi connectivity index (χ0) is 22.4. The minimum atomic E-state index is -0.980. The summed E-state index contributed by atoms with van der Waals surface area (Å²) in [6.45, 7) is 5.65. The molecule has 0 atom stereocenters. The fourth-order valence-electron chi connectivity index (χ4n) is 3.25. The number of methoxy groups -OCH3 is 1. The minimum absolute atomic E-state index is 0.184. The number of hydrogen-bond donors (Lipinski definition) is 1. The van der Waals surface area contributed by atoms with E-state index in [0.717, 1.165) is 38.5 Å². The van der Waals surface area contributed by atoms with E-state index in [-0.39, 0.29) is 5.56 Å². The molecule has 6 nitrogen and oxygen atoms in total. The van der Waals surface area contributed by atoms with Gasteiger partial charge in [-0.05, 0) is 61.4 Å². The van der Waals surface area contributed by atoms with Crippen LogP contribution in [0.25, 0.3) is 0 Å². The number of aromatic carboxylic acids is 1. The van der Waals surface area contributed by atoms with Gasteiger partial charge in [-0.2, -0.15) is 0 Å². The number of pyridine rings is 1. The zero-order valence-corrected chi connectivity index (χ0v) is 19.3. The number of hydrogen-bond acceptors (Lipinski definition) is 5. The van der Waals surface area contributed by atoms with Gasteiger partial charge in [0.25, 0.3) is 0 Å². The van der Waals surface area contributed by atoms with E-state index in [4.69, 9.17) is 9.47 Å². The molecule has 0 aliphatic heterocycles. The van der Waals surface area contributed by atoms with E-state index in [1.165, 1.54) is 6.20 Å². The Morgan fingerprint density at radius 1 is 1.16 bits per heavy atom. The molecule has 1 aromatic heterocycles. The Hall–Kier alpha value is -3.06. The van der Waals surface area contributed by atoms with Gasteiger partial charge in [0, 0.05) is 29.3 Å². The van der Waals surface area contributed by atoms with Gasteiger partial charge in [0.2, 0.25) is 0 Å². The first-order valence-electron chi connectivity index (χ1n) is 9.90. The van der Waals surface area contributed by atoms with Crippen molar-refractivity contribution in [1.82, 2.24) is 4.98 Å². The van der Waals surface area contributed by atoms with E-state index in [2.05, 4.69) is 25.8 Å². The van der Waals surface area contributed by atoms with E-state index < -0.39 is 5.97 Å². The Morgan fingerprint density at radius 3 is 2.52 bits per heavy atom. The fourth-order valence-corrected chi connectivity index (χ4v) is 3.66. The van der Waals surface area contributed by atoms with Crippen molar-refractivity contribution in [1.29, 1.82) is 0 Å². The van der Waals surface area contributed by atoms with E-state index in [0.29, 0.717) is 19.7 Å². The van der Waals surface area contributed by atoms with Crippen molar-refractivity contribution >= 4 is 27.7 Å². The summed E-state index contributed by atoms with van der Waals surface area (Å²) in [5.74, 6) is 1.38. The van der Waals surface area contributed by atoms with Crippen LogP contribution in [0.3, 0.4) is 0 Å². The van der Waals surface area contributed by atoms with Gasteiger partial charge in [0.1, 0.15) is 23.9 Å². The molecule has 0 aliphatic rings. The standard InChI is InChI=1S/C24H25BrN2O4/c1-4-27(23-16(2)11-18(13-26-23)24(28)29)14-19-12-20(25)7-10-22(19)31-15-17-5-8-21(30-3)9-6-17/h5-13H,4,14-15H2,1-3H3,(H,28,29). The van der Waals surface area contributed by atoms with Gasteiger partial charge in [-0.25, -0.2) is 9.78 Å². The van der Waals surface area contributed by atoms with Crippen molar-refractivity contribution in [2.45, 2.75) is 27.0 Å². The molecule has 0 spiro atoms. The number of carboxylic acid groups (broad SMARTS) is 1. The van der Waals surface area contributed by atoms with E-state index in [1.54, 1.807) is 13.2 Å². The first-order valence-corrected chi connectivity index (χ1v) is 10.7. The van der Waals surface area contributed by atoms with Crippen LogP contribution in [-0.4, -0.2) is 29.7 Å². The van der Waals surface area contributed by atoms with Crippen LogP contribution in [-0.2, 0) is 13.2 Å². The molecule has 0 aliphatic carbocycles. The summed E-state index contributed by atoms with van der Waals surface area (Å²) < 4.78 is 12.3.